The Morgan fingerprint density at radius 3 is 2.74 bits per heavy atom. The molecular weight excluding hydrogens is 240 g/mol. The van der Waals surface area contributed by atoms with E-state index < -0.39 is 0 Å². The van der Waals surface area contributed by atoms with Crippen molar-refractivity contribution in [3.63, 3.8) is 0 Å². The second-order valence-corrected chi connectivity index (χ2v) is 4.58. The number of nitriles is 1. The van der Waals surface area contributed by atoms with Crippen molar-refractivity contribution in [3.05, 3.63) is 41.1 Å². The summed E-state index contributed by atoms with van der Waals surface area (Å²) in [6.45, 7) is 2.80. The van der Waals surface area contributed by atoms with Crippen LogP contribution in [0.2, 0.25) is 0 Å². The van der Waals surface area contributed by atoms with E-state index in [4.69, 9.17) is 11.0 Å². The molecule has 1 aromatic carbocycles. The fourth-order valence-electron chi connectivity index (χ4n) is 1.90. The van der Waals surface area contributed by atoms with Gasteiger partial charge in [0.1, 0.15) is 0 Å². The monoisotopic (exact) mass is 256 g/mol. The third-order valence-corrected chi connectivity index (χ3v) is 3.11. The molecule has 1 heterocycles. The Morgan fingerprint density at radius 1 is 1.42 bits per heavy atom. The summed E-state index contributed by atoms with van der Waals surface area (Å²) in [5.41, 5.74) is 8.67. The van der Waals surface area contributed by atoms with Gasteiger partial charge in [-0.05, 0) is 19.1 Å². The van der Waals surface area contributed by atoms with Crippen LogP contribution in [0.3, 0.4) is 0 Å². The maximum absolute atomic E-state index is 12.1. The van der Waals surface area contributed by atoms with Crippen molar-refractivity contribution >= 4 is 11.7 Å². The largest absolute Gasteiger partial charge is 0.401 e. The normalized spacial score (nSPS) is 15.1. The second-order valence-electron chi connectivity index (χ2n) is 4.58. The standard InChI is InChI=1S/C14H16N4O/c1-10-2-4-12(5-3-10)17-14(19)18-7-6-13(16)11(8-15)9-18/h2-5H,6-7,9,16H2,1H3,(H,17,19). The molecule has 0 saturated carbocycles. The van der Waals surface area contributed by atoms with E-state index in [9.17, 15) is 4.79 Å². The highest BCUT2D eigenvalue weighted by Crippen LogP contribution is 2.15. The molecule has 0 aliphatic carbocycles. The van der Waals surface area contributed by atoms with Crippen molar-refractivity contribution in [2.45, 2.75) is 13.3 Å². The maximum atomic E-state index is 12.1. The zero-order valence-corrected chi connectivity index (χ0v) is 10.8. The number of urea groups is 1. The number of carbonyl (C=O) groups is 1. The van der Waals surface area contributed by atoms with E-state index >= 15 is 0 Å². The van der Waals surface area contributed by atoms with Gasteiger partial charge in [0.25, 0.3) is 0 Å². The first-order chi connectivity index (χ1) is 9.10. The first kappa shape index (κ1) is 13.0. The van der Waals surface area contributed by atoms with Crippen LogP contribution in [0.1, 0.15) is 12.0 Å². The van der Waals surface area contributed by atoms with Crippen molar-refractivity contribution in [3.8, 4) is 6.07 Å². The van der Waals surface area contributed by atoms with Crippen LogP contribution >= 0.6 is 0 Å². The van der Waals surface area contributed by atoms with Gasteiger partial charge >= 0.3 is 6.03 Å². The molecule has 0 atom stereocenters. The average Bonchev–Trinajstić information content (AvgIpc) is 2.42. The summed E-state index contributed by atoms with van der Waals surface area (Å²) >= 11 is 0. The van der Waals surface area contributed by atoms with E-state index in [0.29, 0.717) is 24.2 Å². The van der Waals surface area contributed by atoms with Crippen LogP contribution in [0.5, 0.6) is 0 Å². The molecule has 0 fully saturated rings. The lowest BCUT2D eigenvalue weighted by atomic mass is 10.1. The molecule has 2 rings (SSSR count). The molecule has 0 aromatic heterocycles. The average molecular weight is 256 g/mol. The quantitative estimate of drug-likeness (QED) is 0.805. The molecule has 5 heteroatoms. The van der Waals surface area contributed by atoms with E-state index in [1.165, 1.54) is 0 Å². The fourth-order valence-corrected chi connectivity index (χ4v) is 1.90. The van der Waals surface area contributed by atoms with E-state index in [2.05, 4.69) is 5.32 Å². The molecule has 1 aliphatic rings. The second kappa shape index (κ2) is 5.44. The summed E-state index contributed by atoms with van der Waals surface area (Å²) < 4.78 is 0. The minimum atomic E-state index is -0.205. The van der Waals surface area contributed by atoms with Crippen LogP contribution in [0, 0.1) is 18.3 Å². The topological polar surface area (TPSA) is 82.2 Å². The van der Waals surface area contributed by atoms with Crippen molar-refractivity contribution in [1.29, 1.82) is 5.26 Å². The minimum Gasteiger partial charge on any atom is -0.401 e. The molecule has 0 saturated heterocycles. The Morgan fingerprint density at radius 2 is 2.11 bits per heavy atom. The number of anilines is 1. The van der Waals surface area contributed by atoms with Crippen LogP contribution in [-0.2, 0) is 0 Å². The van der Waals surface area contributed by atoms with Gasteiger partial charge in [0.2, 0.25) is 0 Å². The fraction of sp³-hybridized carbons (Fsp3) is 0.286. The number of hydrogen-bond acceptors (Lipinski definition) is 3. The number of benzene rings is 1. The molecule has 5 nitrogen and oxygen atoms in total. The molecule has 0 unspecified atom stereocenters. The van der Waals surface area contributed by atoms with Gasteiger partial charge in [-0.3, -0.25) is 0 Å². The number of hydrogen-bond donors (Lipinski definition) is 2. The van der Waals surface area contributed by atoms with Crippen molar-refractivity contribution in [1.82, 2.24) is 4.90 Å². The number of aryl methyl sites for hydroxylation is 1. The summed E-state index contributed by atoms with van der Waals surface area (Å²) in [5, 5.41) is 11.7. The lowest BCUT2D eigenvalue weighted by Crippen LogP contribution is -2.40. The first-order valence-electron chi connectivity index (χ1n) is 6.10. The Bertz CT molecular complexity index is 554. The predicted molar refractivity (Wildman–Crippen MR) is 73.2 cm³/mol. The number of carbonyl (C=O) groups excluding carboxylic acids is 1. The van der Waals surface area contributed by atoms with E-state index in [0.717, 1.165) is 11.3 Å². The van der Waals surface area contributed by atoms with E-state index in [1.54, 1.807) is 4.90 Å². The van der Waals surface area contributed by atoms with Gasteiger partial charge in [-0.25, -0.2) is 4.79 Å². The summed E-state index contributed by atoms with van der Waals surface area (Å²) in [7, 11) is 0. The maximum Gasteiger partial charge on any atom is 0.322 e. The first-order valence-corrected chi connectivity index (χ1v) is 6.10. The predicted octanol–water partition coefficient (Wildman–Crippen LogP) is 1.97. The van der Waals surface area contributed by atoms with Gasteiger partial charge in [-0.1, -0.05) is 17.7 Å². The molecule has 3 N–H and O–H groups in total. The molecule has 1 aliphatic heterocycles. The van der Waals surface area contributed by atoms with Crippen LogP contribution in [0.4, 0.5) is 10.5 Å². The molecule has 1 aromatic rings. The van der Waals surface area contributed by atoms with Gasteiger partial charge in [-0.2, -0.15) is 5.26 Å². The minimum absolute atomic E-state index is 0.205. The van der Waals surface area contributed by atoms with Crippen molar-refractivity contribution in [2.24, 2.45) is 5.73 Å². The summed E-state index contributed by atoms with van der Waals surface area (Å²) in [5.74, 6) is 0. The Labute approximate surface area is 112 Å². The van der Waals surface area contributed by atoms with Gasteiger partial charge in [0, 0.05) is 24.4 Å². The highest BCUT2D eigenvalue weighted by atomic mass is 16.2. The van der Waals surface area contributed by atoms with Gasteiger partial charge in [0.05, 0.1) is 18.2 Å². The highest BCUT2D eigenvalue weighted by Gasteiger charge is 2.21. The molecule has 98 valence electrons. The van der Waals surface area contributed by atoms with Crippen LogP contribution in [0.15, 0.2) is 35.5 Å². The summed E-state index contributed by atoms with van der Waals surface area (Å²) in [6, 6.07) is 9.42. The molecule has 0 radical (unpaired) electrons. The highest BCUT2D eigenvalue weighted by molar-refractivity contribution is 5.89. The SMILES string of the molecule is Cc1ccc(NC(=O)N2CCC(N)=C(C#N)C2)cc1. The van der Waals surface area contributed by atoms with E-state index in [1.807, 2.05) is 37.3 Å². The number of nitrogens with two attached hydrogens (primary N) is 1. The van der Waals surface area contributed by atoms with Crippen molar-refractivity contribution in [2.75, 3.05) is 18.4 Å². The number of nitrogens with zero attached hydrogens (tertiary/aromatic N) is 2. The molecule has 0 bridgehead atoms. The Kier molecular flexibility index (Phi) is 3.71. The molecule has 0 spiro atoms. The smallest absolute Gasteiger partial charge is 0.322 e. The third-order valence-electron chi connectivity index (χ3n) is 3.11. The number of nitrogens with one attached hydrogen (secondary N) is 1. The lowest BCUT2D eigenvalue weighted by Gasteiger charge is -2.27. The van der Waals surface area contributed by atoms with Crippen LogP contribution in [0.25, 0.3) is 0 Å². The van der Waals surface area contributed by atoms with Gasteiger partial charge in [0.15, 0.2) is 0 Å². The summed E-state index contributed by atoms with van der Waals surface area (Å²) in [6.07, 6.45) is 0.546. The van der Waals surface area contributed by atoms with Crippen LogP contribution in [-0.4, -0.2) is 24.0 Å². The molecule has 19 heavy (non-hydrogen) atoms. The Balaban J connectivity index is 2.02. The van der Waals surface area contributed by atoms with Crippen LogP contribution < -0.4 is 11.1 Å². The summed E-state index contributed by atoms with van der Waals surface area (Å²) in [4.78, 5) is 13.7. The third kappa shape index (κ3) is 3.05. The lowest BCUT2D eigenvalue weighted by molar-refractivity contribution is 0.214. The zero-order valence-electron chi connectivity index (χ0n) is 10.8. The molecule has 2 amide bonds. The zero-order chi connectivity index (χ0) is 13.8. The van der Waals surface area contributed by atoms with E-state index in [-0.39, 0.29) is 12.6 Å². The van der Waals surface area contributed by atoms with Gasteiger partial charge < -0.3 is 16.0 Å². The van der Waals surface area contributed by atoms with Crippen molar-refractivity contribution < 1.29 is 4.79 Å². The number of amides is 2. The number of rotatable bonds is 1. The van der Waals surface area contributed by atoms with Gasteiger partial charge in [-0.15, -0.1) is 0 Å². The molecular formula is C14H16N4O. The Hall–Kier alpha value is -2.48.